The summed E-state index contributed by atoms with van der Waals surface area (Å²) >= 11 is 5.02. The number of halogens is 1. The van der Waals surface area contributed by atoms with E-state index >= 15 is 0 Å². The molecule has 1 saturated heterocycles. The molecule has 1 fully saturated rings. The Kier molecular flexibility index (Phi) is 6.14. The number of aliphatic carboxylic acids is 1. The molecule has 1 aliphatic heterocycles. The highest BCUT2D eigenvalue weighted by Crippen LogP contribution is 2.21. The van der Waals surface area contributed by atoms with E-state index in [2.05, 4.69) is 10.3 Å². The summed E-state index contributed by atoms with van der Waals surface area (Å²) in [5.41, 5.74) is 0.276. The van der Waals surface area contributed by atoms with Gasteiger partial charge in [-0.3, -0.25) is 19.5 Å². The fourth-order valence-corrected chi connectivity index (χ4v) is 2.69. The fraction of sp³-hybridized carbons (Fsp3) is 0.353. The van der Waals surface area contributed by atoms with Crippen molar-refractivity contribution in [3.05, 3.63) is 30.1 Å². The van der Waals surface area contributed by atoms with Gasteiger partial charge in [0.1, 0.15) is 5.82 Å². The molecule has 1 N–H and O–H groups in total. The van der Waals surface area contributed by atoms with Crippen LogP contribution in [0.2, 0.25) is 0 Å². The molecule has 3 atom stereocenters. The molecule has 0 aromatic heterocycles. The number of thiocarbonyl (C=S) groups is 1. The highest BCUT2D eigenvalue weighted by molar-refractivity contribution is 7.80. The van der Waals surface area contributed by atoms with Gasteiger partial charge in [-0.25, -0.2) is 4.39 Å². The quantitative estimate of drug-likeness (QED) is 0.439. The van der Waals surface area contributed by atoms with E-state index in [1.807, 2.05) is 0 Å². The normalized spacial score (nSPS) is 20.2. The van der Waals surface area contributed by atoms with Gasteiger partial charge >= 0.3 is 0 Å². The Bertz CT molecular complexity index is 766. The number of carboxylic acids is 1. The SMILES string of the molecule is CC[C@@H](C)[C@H](N=CC1C(=O)NC(=S)N(c2ccc(F)cc2)C1=O)C(=O)[O-]. The van der Waals surface area contributed by atoms with Crippen LogP contribution in [0.1, 0.15) is 20.3 Å². The number of nitrogens with one attached hydrogen (secondary N) is 1. The molecule has 0 radical (unpaired) electrons. The molecule has 0 saturated carbocycles. The molecule has 9 heteroatoms. The third kappa shape index (κ3) is 4.10. The molecule has 1 unspecified atom stereocenters. The van der Waals surface area contributed by atoms with Crippen LogP contribution in [-0.2, 0) is 14.4 Å². The number of aliphatic imine (C=N–C) groups is 1. The predicted octanol–water partition coefficient (Wildman–Crippen LogP) is 0.425. The maximum atomic E-state index is 13.1. The van der Waals surface area contributed by atoms with Gasteiger partial charge in [0.05, 0.1) is 17.7 Å². The van der Waals surface area contributed by atoms with Crippen molar-refractivity contribution < 1.29 is 23.9 Å². The molecule has 0 aliphatic carbocycles. The van der Waals surface area contributed by atoms with Gasteiger partial charge in [0.15, 0.2) is 11.0 Å². The molecule has 0 bridgehead atoms. The summed E-state index contributed by atoms with van der Waals surface area (Å²) in [6.45, 7) is 3.48. The zero-order valence-corrected chi connectivity index (χ0v) is 15.0. The summed E-state index contributed by atoms with van der Waals surface area (Å²) in [5.74, 6) is -4.95. The Morgan fingerprint density at radius 1 is 1.42 bits per heavy atom. The van der Waals surface area contributed by atoms with Crippen LogP contribution in [0.15, 0.2) is 29.3 Å². The number of anilines is 1. The van der Waals surface area contributed by atoms with Gasteiger partial charge in [-0.2, -0.15) is 0 Å². The molecule has 1 heterocycles. The van der Waals surface area contributed by atoms with Gasteiger partial charge in [0.25, 0.3) is 5.91 Å². The minimum absolute atomic E-state index is 0.144. The molecule has 26 heavy (non-hydrogen) atoms. The lowest BCUT2D eigenvalue weighted by molar-refractivity contribution is -0.308. The van der Waals surface area contributed by atoms with Crippen molar-refractivity contribution in [2.24, 2.45) is 16.8 Å². The van der Waals surface area contributed by atoms with Crippen molar-refractivity contribution in [2.75, 3.05) is 4.90 Å². The molecular formula is C17H17FN3O4S-. The first-order valence-electron chi connectivity index (χ1n) is 7.94. The topological polar surface area (TPSA) is 102 Å². The largest absolute Gasteiger partial charge is 0.548 e. The highest BCUT2D eigenvalue weighted by Gasteiger charge is 2.38. The molecule has 2 rings (SSSR count). The van der Waals surface area contributed by atoms with Gasteiger partial charge in [-0.15, -0.1) is 0 Å². The van der Waals surface area contributed by atoms with Crippen LogP contribution in [-0.4, -0.2) is 35.2 Å². The van der Waals surface area contributed by atoms with Crippen molar-refractivity contribution in [2.45, 2.75) is 26.3 Å². The Morgan fingerprint density at radius 3 is 2.58 bits per heavy atom. The van der Waals surface area contributed by atoms with Crippen molar-refractivity contribution in [3.8, 4) is 0 Å². The average Bonchev–Trinajstić information content (AvgIpc) is 2.58. The number of carbonyl (C=O) groups is 3. The maximum Gasteiger partial charge on any atom is 0.251 e. The first kappa shape index (κ1) is 19.6. The summed E-state index contributed by atoms with van der Waals surface area (Å²) in [6.07, 6.45) is 1.54. The number of benzene rings is 1. The summed E-state index contributed by atoms with van der Waals surface area (Å²) in [5, 5.41) is 13.5. The lowest BCUT2D eigenvalue weighted by Gasteiger charge is -2.31. The predicted molar refractivity (Wildman–Crippen MR) is 94.9 cm³/mol. The standard InChI is InChI=1S/C17H18FN3O4S/c1-3-9(2)13(16(24)25)19-8-12-14(22)20-17(26)21(15(12)23)11-6-4-10(18)5-7-11/h4-9,12-13H,3H2,1-2H3,(H,24,25)(H,20,22,26)/p-1/t9-,12?,13+/m1/s1. The second kappa shape index (κ2) is 8.13. The summed E-state index contributed by atoms with van der Waals surface area (Å²) in [6, 6.07) is 3.82. The summed E-state index contributed by atoms with van der Waals surface area (Å²) < 4.78 is 13.1. The van der Waals surface area contributed by atoms with E-state index in [-0.39, 0.29) is 16.7 Å². The van der Waals surface area contributed by atoms with Crippen molar-refractivity contribution in [3.63, 3.8) is 0 Å². The molecule has 7 nitrogen and oxygen atoms in total. The monoisotopic (exact) mass is 378 g/mol. The first-order chi connectivity index (χ1) is 12.3. The lowest BCUT2D eigenvalue weighted by Crippen LogP contribution is -2.58. The Balaban J connectivity index is 2.30. The van der Waals surface area contributed by atoms with E-state index in [4.69, 9.17) is 12.2 Å². The van der Waals surface area contributed by atoms with Crippen molar-refractivity contribution >= 4 is 47.0 Å². The third-order valence-corrected chi connectivity index (χ3v) is 4.39. The number of nitrogens with zero attached hydrogens (tertiary/aromatic N) is 2. The molecule has 2 amide bonds. The molecule has 138 valence electrons. The number of rotatable bonds is 6. The van der Waals surface area contributed by atoms with E-state index < -0.39 is 35.6 Å². The average molecular weight is 378 g/mol. The minimum Gasteiger partial charge on any atom is -0.548 e. The first-order valence-corrected chi connectivity index (χ1v) is 8.35. The third-order valence-electron chi connectivity index (χ3n) is 4.11. The van der Waals surface area contributed by atoms with E-state index in [1.54, 1.807) is 13.8 Å². The second-order valence-corrected chi connectivity index (χ2v) is 6.26. The zero-order chi connectivity index (χ0) is 19.4. The van der Waals surface area contributed by atoms with Crippen LogP contribution in [0.4, 0.5) is 10.1 Å². The van der Waals surface area contributed by atoms with Gasteiger partial charge in [-0.1, -0.05) is 20.3 Å². The minimum atomic E-state index is -1.38. The van der Waals surface area contributed by atoms with Crippen LogP contribution < -0.4 is 15.3 Å². The number of carboxylic acid groups (broad SMARTS) is 1. The fourth-order valence-electron chi connectivity index (χ4n) is 2.40. The number of hydrogen-bond acceptors (Lipinski definition) is 6. The van der Waals surface area contributed by atoms with Crippen LogP contribution in [0.3, 0.4) is 0 Å². The van der Waals surface area contributed by atoms with Crippen LogP contribution in [0, 0.1) is 17.7 Å². The number of carbonyl (C=O) groups excluding carboxylic acids is 3. The van der Waals surface area contributed by atoms with Gasteiger partial charge in [0.2, 0.25) is 5.91 Å². The summed E-state index contributed by atoms with van der Waals surface area (Å²) in [7, 11) is 0. The van der Waals surface area contributed by atoms with E-state index in [9.17, 15) is 23.9 Å². The van der Waals surface area contributed by atoms with Crippen molar-refractivity contribution in [1.29, 1.82) is 0 Å². The smallest absolute Gasteiger partial charge is 0.251 e. The van der Waals surface area contributed by atoms with Gasteiger partial charge in [0, 0.05) is 6.21 Å². The second-order valence-electron chi connectivity index (χ2n) is 5.87. The Labute approximate surface area is 154 Å². The molecule has 1 aliphatic rings. The molecule has 1 aromatic rings. The zero-order valence-electron chi connectivity index (χ0n) is 14.1. The van der Waals surface area contributed by atoms with E-state index in [0.29, 0.717) is 6.42 Å². The van der Waals surface area contributed by atoms with E-state index in [0.717, 1.165) is 23.2 Å². The Morgan fingerprint density at radius 2 is 2.04 bits per heavy atom. The van der Waals surface area contributed by atoms with Gasteiger partial charge < -0.3 is 15.2 Å². The van der Waals surface area contributed by atoms with Gasteiger partial charge in [-0.05, 0) is 42.4 Å². The highest BCUT2D eigenvalue weighted by atomic mass is 32.1. The Hall–Kier alpha value is -2.68. The summed E-state index contributed by atoms with van der Waals surface area (Å²) in [4.78, 5) is 41.0. The molecular weight excluding hydrogens is 361 g/mol. The number of amides is 2. The maximum absolute atomic E-state index is 13.1. The molecule has 1 aromatic carbocycles. The number of hydrogen-bond donors (Lipinski definition) is 1. The van der Waals surface area contributed by atoms with Crippen molar-refractivity contribution in [1.82, 2.24) is 5.32 Å². The lowest BCUT2D eigenvalue weighted by atomic mass is 9.99. The molecule has 0 spiro atoms. The van der Waals surface area contributed by atoms with Crippen LogP contribution in [0.5, 0.6) is 0 Å². The van der Waals surface area contributed by atoms with Crippen LogP contribution in [0.25, 0.3) is 0 Å². The van der Waals surface area contributed by atoms with Crippen LogP contribution >= 0.6 is 12.2 Å². The van der Waals surface area contributed by atoms with E-state index in [1.165, 1.54) is 12.1 Å².